The Balaban J connectivity index is 2.31. The van der Waals surface area contributed by atoms with Crippen LogP contribution in [0.3, 0.4) is 0 Å². The van der Waals surface area contributed by atoms with E-state index in [9.17, 15) is 4.79 Å². The third kappa shape index (κ3) is 1.78. The van der Waals surface area contributed by atoms with Crippen molar-refractivity contribution in [2.45, 2.75) is 19.4 Å². The summed E-state index contributed by atoms with van der Waals surface area (Å²) in [7, 11) is 0. The molecule has 0 amide bonds. The molecule has 2 nitrogen and oxygen atoms in total. The standard InChI is InChI=1S/C11H11IO2/c1-7(13)8-2-3-11-9(4-8)5-10(6-12)14-11/h2-4,10H,5-6H2,1H3. The van der Waals surface area contributed by atoms with Gasteiger partial charge in [0, 0.05) is 16.4 Å². The van der Waals surface area contributed by atoms with Gasteiger partial charge in [-0.2, -0.15) is 0 Å². The van der Waals surface area contributed by atoms with Crippen LogP contribution < -0.4 is 4.74 Å². The van der Waals surface area contributed by atoms with Crippen LogP contribution in [0.5, 0.6) is 5.75 Å². The van der Waals surface area contributed by atoms with Gasteiger partial charge in [0.05, 0.1) is 0 Å². The van der Waals surface area contributed by atoms with Crippen LogP contribution in [0, 0.1) is 0 Å². The van der Waals surface area contributed by atoms with E-state index in [0.717, 1.165) is 22.2 Å². The lowest BCUT2D eigenvalue weighted by atomic mass is 10.1. The summed E-state index contributed by atoms with van der Waals surface area (Å²) < 4.78 is 6.66. The molecule has 0 aliphatic carbocycles. The number of carbonyl (C=O) groups is 1. The predicted octanol–water partition coefficient (Wildman–Crippen LogP) is 2.63. The molecule has 0 fully saturated rings. The number of ether oxygens (including phenoxy) is 1. The highest BCUT2D eigenvalue weighted by Crippen LogP contribution is 2.30. The van der Waals surface area contributed by atoms with Crippen LogP contribution in [0.4, 0.5) is 0 Å². The third-order valence-electron chi connectivity index (χ3n) is 2.38. The zero-order valence-corrected chi connectivity index (χ0v) is 10.1. The fourth-order valence-corrected chi connectivity index (χ4v) is 2.12. The molecule has 2 rings (SSSR count). The van der Waals surface area contributed by atoms with Gasteiger partial charge < -0.3 is 4.74 Å². The SMILES string of the molecule is CC(=O)c1ccc2c(c1)CC(CI)O2. The van der Waals surface area contributed by atoms with Crippen molar-refractivity contribution < 1.29 is 9.53 Å². The first-order valence-electron chi connectivity index (χ1n) is 4.57. The average Bonchev–Trinajstić information content (AvgIpc) is 2.58. The molecule has 1 unspecified atom stereocenters. The molecular weight excluding hydrogens is 291 g/mol. The van der Waals surface area contributed by atoms with Crippen molar-refractivity contribution in [1.29, 1.82) is 0 Å². The molecule has 3 heteroatoms. The molecule has 14 heavy (non-hydrogen) atoms. The highest BCUT2D eigenvalue weighted by Gasteiger charge is 2.22. The van der Waals surface area contributed by atoms with E-state index in [0.29, 0.717) is 0 Å². The van der Waals surface area contributed by atoms with E-state index >= 15 is 0 Å². The van der Waals surface area contributed by atoms with Gasteiger partial charge in [0.1, 0.15) is 11.9 Å². The Labute approximate surface area is 96.8 Å². The Morgan fingerprint density at radius 1 is 1.64 bits per heavy atom. The van der Waals surface area contributed by atoms with Crippen LogP contribution in [0.2, 0.25) is 0 Å². The van der Waals surface area contributed by atoms with E-state index < -0.39 is 0 Å². The fraction of sp³-hybridized carbons (Fsp3) is 0.364. The van der Waals surface area contributed by atoms with Crippen LogP contribution in [0.25, 0.3) is 0 Å². The zero-order valence-electron chi connectivity index (χ0n) is 7.92. The van der Waals surface area contributed by atoms with Gasteiger partial charge >= 0.3 is 0 Å². The molecule has 0 aromatic heterocycles. The largest absolute Gasteiger partial charge is 0.489 e. The second-order valence-corrected chi connectivity index (χ2v) is 4.36. The van der Waals surface area contributed by atoms with E-state index in [1.54, 1.807) is 6.92 Å². The van der Waals surface area contributed by atoms with Crippen LogP contribution in [0.15, 0.2) is 18.2 Å². The topological polar surface area (TPSA) is 26.3 Å². The van der Waals surface area contributed by atoms with E-state index in [2.05, 4.69) is 22.6 Å². The predicted molar refractivity (Wildman–Crippen MR) is 63.5 cm³/mol. The molecule has 1 aromatic rings. The summed E-state index contributed by atoms with van der Waals surface area (Å²) in [5, 5.41) is 0. The number of hydrogen-bond acceptors (Lipinski definition) is 2. The Morgan fingerprint density at radius 3 is 3.07 bits per heavy atom. The first-order chi connectivity index (χ1) is 6.70. The highest BCUT2D eigenvalue weighted by atomic mass is 127. The Morgan fingerprint density at radius 2 is 2.43 bits per heavy atom. The summed E-state index contributed by atoms with van der Waals surface area (Å²) in [5.74, 6) is 1.06. The molecule has 0 spiro atoms. The zero-order chi connectivity index (χ0) is 10.1. The number of hydrogen-bond donors (Lipinski definition) is 0. The Hall–Kier alpha value is -0.580. The lowest BCUT2D eigenvalue weighted by molar-refractivity contribution is 0.101. The average molecular weight is 302 g/mol. The maximum atomic E-state index is 11.2. The number of benzene rings is 1. The Bertz CT molecular complexity index is 374. The number of carbonyl (C=O) groups excluding carboxylic acids is 1. The maximum absolute atomic E-state index is 11.2. The first-order valence-corrected chi connectivity index (χ1v) is 6.09. The number of rotatable bonds is 2. The quantitative estimate of drug-likeness (QED) is 0.477. The van der Waals surface area contributed by atoms with Crippen molar-refractivity contribution in [1.82, 2.24) is 0 Å². The first kappa shape index (κ1) is 9.96. The molecule has 1 atom stereocenters. The molecule has 0 bridgehead atoms. The number of fused-ring (bicyclic) bond motifs is 1. The van der Waals surface area contributed by atoms with E-state index in [4.69, 9.17) is 4.74 Å². The van der Waals surface area contributed by atoms with Crippen molar-refractivity contribution in [2.75, 3.05) is 4.43 Å². The maximum Gasteiger partial charge on any atom is 0.159 e. The number of alkyl halides is 1. The number of ketones is 1. The minimum atomic E-state index is 0.116. The summed E-state index contributed by atoms with van der Waals surface area (Å²) in [6.45, 7) is 1.59. The molecule has 74 valence electrons. The highest BCUT2D eigenvalue weighted by molar-refractivity contribution is 14.1. The summed E-state index contributed by atoms with van der Waals surface area (Å²) in [4.78, 5) is 11.2. The minimum Gasteiger partial charge on any atom is -0.489 e. The van der Waals surface area contributed by atoms with Crippen molar-refractivity contribution in [3.63, 3.8) is 0 Å². The second-order valence-electron chi connectivity index (χ2n) is 3.48. The van der Waals surface area contributed by atoms with E-state index in [1.807, 2.05) is 18.2 Å². The monoisotopic (exact) mass is 302 g/mol. The smallest absolute Gasteiger partial charge is 0.159 e. The van der Waals surface area contributed by atoms with Crippen LogP contribution >= 0.6 is 22.6 Å². The van der Waals surface area contributed by atoms with Gasteiger partial charge in [-0.25, -0.2) is 0 Å². The van der Waals surface area contributed by atoms with Gasteiger partial charge in [0.15, 0.2) is 5.78 Å². The summed E-state index contributed by atoms with van der Waals surface area (Å²) in [6, 6.07) is 5.68. The number of Topliss-reactive ketones (excluding diaryl/α,β-unsaturated/α-hetero) is 1. The molecule has 1 heterocycles. The molecular formula is C11H11IO2. The molecule has 1 aliphatic heterocycles. The van der Waals surface area contributed by atoms with Crippen molar-refractivity contribution >= 4 is 28.4 Å². The molecule has 1 aliphatic rings. The van der Waals surface area contributed by atoms with Crippen LogP contribution in [-0.2, 0) is 6.42 Å². The van der Waals surface area contributed by atoms with E-state index in [-0.39, 0.29) is 11.9 Å². The fourth-order valence-electron chi connectivity index (χ4n) is 1.63. The van der Waals surface area contributed by atoms with Gasteiger partial charge in [-0.15, -0.1) is 0 Å². The molecule has 0 saturated carbocycles. The molecule has 0 N–H and O–H groups in total. The normalized spacial score (nSPS) is 18.9. The minimum absolute atomic E-state index is 0.116. The van der Waals surface area contributed by atoms with Gasteiger partial charge in [-0.3, -0.25) is 4.79 Å². The van der Waals surface area contributed by atoms with Crippen LogP contribution in [-0.4, -0.2) is 16.3 Å². The summed E-state index contributed by atoms with van der Waals surface area (Å²) >= 11 is 2.32. The third-order valence-corrected chi connectivity index (χ3v) is 3.36. The molecule has 0 radical (unpaired) electrons. The Kier molecular flexibility index (Phi) is 2.76. The van der Waals surface area contributed by atoms with Gasteiger partial charge in [-0.1, -0.05) is 22.6 Å². The van der Waals surface area contributed by atoms with Crippen molar-refractivity contribution in [3.8, 4) is 5.75 Å². The lowest BCUT2D eigenvalue weighted by Crippen LogP contribution is -2.13. The van der Waals surface area contributed by atoms with Gasteiger partial charge in [-0.05, 0) is 30.7 Å². The second kappa shape index (κ2) is 3.88. The van der Waals surface area contributed by atoms with Crippen LogP contribution in [0.1, 0.15) is 22.8 Å². The molecule has 0 saturated heterocycles. The molecule has 1 aromatic carbocycles. The summed E-state index contributed by atoms with van der Waals surface area (Å²) in [6.07, 6.45) is 1.21. The number of halogens is 1. The van der Waals surface area contributed by atoms with Crippen molar-refractivity contribution in [2.24, 2.45) is 0 Å². The van der Waals surface area contributed by atoms with Crippen molar-refractivity contribution in [3.05, 3.63) is 29.3 Å². The van der Waals surface area contributed by atoms with Gasteiger partial charge in [0.2, 0.25) is 0 Å². The summed E-state index contributed by atoms with van der Waals surface area (Å²) in [5.41, 5.74) is 1.95. The van der Waals surface area contributed by atoms with E-state index in [1.165, 1.54) is 5.56 Å². The lowest BCUT2D eigenvalue weighted by Gasteiger charge is -2.04. The van der Waals surface area contributed by atoms with Gasteiger partial charge in [0.25, 0.3) is 0 Å².